The lowest BCUT2D eigenvalue weighted by molar-refractivity contribution is 0.124. The first-order valence-corrected chi connectivity index (χ1v) is 5.42. The van der Waals surface area contributed by atoms with Crippen LogP contribution >= 0.6 is 0 Å². The maximum atomic E-state index is 5.48. The molecule has 1 rings (SSSR count). The highest BCUT2D eigenvalue weighted by Gasteiger charge is 2.20. The molecule has 0 N–H and O–H groups in total. The van der Waals surface area contributed by atoms with Crippen LogP contribution in [-0.2, 0) is 9.47 Å². The lowest BCUT2D eigenvalue weighted by Crippen LogP contribution is -1.98. The van der Waals surface area contributed by atoms with Crippen LogP contribution in [0, 0.1) is 6.92 Å². The largest absolute Gasteiger partial charge is 0.381 e. The summed E-state index contributed by atoms with van der Waals surface area (Å²) in [7, 11) is 0. The Morgan fingerprint density at radius 2 is 1.92 bits per heavy atom. The van der Waals surface area contributed by atoms with Crippen molar-refractivity contribution in [2.45, 2.75) is 44.6 Å². The molecular formula is C11H21O2. The maximum absolute atomic E-state index is 5.48. The zero-order valence-corrected chi connectivity index (χ0v) is 8.46. The first kappa shape index (κ1) is 11.0. The predicted molar refractivity (Wildman–Crippen MR) is 53.6 cm³/mol. The van der Waals surface area contributed by atoms with Crippen molar-refractivity contribution in [2.24, 2.45) is 0 Å². The predicted octanol–water partition coefficient (Wildman–Crippen LogP) is 2.58. The molecular weight excluding hydrogens is 164 g/mol. The van der Waals surface area contributed by atoms with Gasteiger partial charge in [0.25, 0.3) is 0 Å². The quantitative estimate of drug-likeness (QED) is 0.407. The molecule has 1 fully saturated rings. The molecule has 1 aliphatic rings. The fraction of sp³-hybridized carbons (Fsp3) is 0.909. The van der Waals surface area contributed by atoms with Crippen LogP contribution in [0.15, 0.2) is 0 Å². The zero-order chi connectivity index (χ0) is 9.36. The Bertz CT molecular complexity index is 111. The van der Waals surface area contributed by atoms with Gasteiger partial charge in [0.1, 0.15) is 0 Å². The van der Waals surface area contributed by atoms with Gasteiger partial charge >= 0.3 is 0 Å². The minimum atomic E-state index is 0.565. The molecule has 1 atom stereocenters. The average molecular weight is 185 g/mol. The fourth-order valence-corrected chi connectivity index (χ4v) is 1.31. The topological polar surface area (TPSA) is 21.8 Å². The molecule has 0 amide bonds. The van der Waals surface area contributed by atoms with Gasteiger partial charge in [-0.3, -0.25) is 0 Å². The highest BCUT2D eigenvalue weighted by atomic mass is 16.6. The normalized spacial score (nSPS) is 20.5. The zero-order valence-electron chi connectivity index (χ0n) is 8.46. The first-order valence-electron chi connectivity index (χ1n) is 5.42. The maximum Gasteiger partial charge on any atom is 0.0810 e. The Labute approximate surface area is 81.6 Å². The van der Waals surface area contributed by atoms with Gasteiger partial charge in [0.15, 0.2) is 0 Å². The summed E-state index contributed by atoms with van der Waals surface area (Å²) < 4.78 is 10.6. The van der Waals surface area contributed by atoms with Crippen LogP contribution in [-0.4, -0.2) is 25.9 Å². The van der Waals surface area contributed by atoms with E-state index in [1.807, 2.05) is 0 Å². The average Bonchev–Trinajstić information content (AvgIpc) is 2.93. The van der Waals surface area contributed by atoms with E-state index in [9.17, 15) is 0 Å². The molecule has 77 valence electrons. The van der Waals surface area contributed by atoms with E-state index in [1.165, 1.54) is 25.7 Å². The molecule has 0 aromatic heterocycles. The SMILES string of the molecule is [CH2]CCCCCOCCCC1CO1. The van der Waals surface area contributed by atoms with Crippen LogP contribution in [0.25, 0.3) is 0 Å². The molecule has 1 saturated heterocycles. The standard InChI is InChI=1S/C11H21O2/c1-2-3-4-5-8-12-9-6-7-11-10-13-11/h11H,1-10H2. The Morgan fingerprint density at radius 1 is 1.15 bits per heavy atom. The molecule has 0 aromatic rings. The molecule has 2 nitrogen and oxygen atoms in total. The van der Waals surface area contributed by atoms with Crippen molar-refractivity contribution >= 4 is 0 Å². The summed E-state index contributed by atoms with van der Waals surface area (Å²) in [5.41, 5.74) is 0. The molecule has 1 aliphatic heterocycles. The van der Waals surface area contributed by atoms with Crippen LogP contribution < -0.4 is 0 Å². The number of unbranched alkanes of at least 4 members (excludes halogenated alkanes) is 3. The van der Waals surface area contributed by atoms with Gasteiger partial charge in [-0.05, 0) is 19.3 Å². The third-order valence-electron chi connectivity index (χ3n) is 2.26. The van der Waals surface area contributed by atoms with Crippen LogP contribution in [0.5, 0.6) is 0 Å². The summed E-state index contributed by atoms with van der Waals surface area (Å²) in [5.74, 6) is 0. The molecule has 0 aromatic carbocycles. The molecule has 2 heteroatoms. The summed E-state index contributed by atoms with van der Waals surface area (Å²) in [5, 5.41) is 0. The second-order valence-electron chi connectivity index (χ2n) is 3.62. The van der Waals surface area contributed by atoms with Gasteiger partial charge in [0.2, 0.25) is 0 Å². The van der Waals surface area contributed by atoms with Crippen molar-refractivity contribution < 1.29 is 9.47 Å². The highest BCUT2D eigenvalue weighted by molar-refractivity contribution is 4.67. The minimum absolute atomic E-state index is 0.565. The molecule has 0 bridgehead atoms. The minimum Gasteiger partial charge on any atom is -0.381 e. The number of hydrogen-bond acceptors (Lipinski definition) is 2. The van der Waals surface area contributed by atoms with E-state index in [1.54, 1.807) is 0 Å². The van der Waals surface area contributed by atoms with Crippen LogP contribution in [0.3, 0.4) is 0 Å². The van der Waals surface area contributed by atoms with Crippen molar-refractivity contribution in [1.82, 2.24) is 0 Å². The summed E-state index contributed by atoms with van der Waals surface area (Å²) in [4.78, 5) is 0. The number of epoxide rings is 1. The van der Waals surface area contributed by atoms with Crippen LogP contribution in [0.2, 0.25) is 0 Å². The van der Waals surface area contributed by atoms with Gasteiger partial charge in [0.05, 0.1) is 12.7 Å². The van der Waals surface area contributed by atoms with Gasteiger partial charge in [0, 0.05) is 13.2 Å². The monoisotopic (exact) mass is 185 g/mol. The highest BCUT2D eigenvalue weighted by Crippen LogP contribution is 2.14. The van der Waals surface area contributed by atoms with E-state index in [4.69, 9.17) is 9.47 Å². The molecule has 1 radical (unpaired) electrons. The Kier molecular flexibility index (Phi) is 6.21. The third kappa shape index (κ3) is 7.03. The van der Waals surface area contributed by atoms with Gasteiger partial charge in [-0.1, -0.05) is 26.2 Å². The molecule has 13 heavy (non-hydrogen) atoms. The van der Waals surface area contributed by atoms with E-state index < -0.39 is 0 Å². The summed E-state index contributed by atoms with van der Waals surface area (Å²) in [6.45, 7) is 6.61. The van der Waals surface area contributed by atoms with Crippen LogP contribution in [0.1, 0.15) is 38.5 Å². The van der Waals surface area contributed by atoms with E-state index in [2.05, 4.69) is 6.92 Å². The molecule has 0 aliphatic carbocycles. The second-order valence-corrected chi connectivity index (χ2v) is 3.62. The smallest absolute Gasteiger partial charge is 0.0810 e. The summed E-state index contributed by atoms with van der Waals surface area (Å²) >= 11 is 0. The number of rotatable bonds is 9. The molecule has 1 unspecified atom stereocenters. The Balaban J connectivity index is 1.63. The van der Waals surface area contributed by atoms with Crippen molar-refractivity contribution in [3.8, 4) is 0 Å². The molecule has 0 saturated carbocycles. The van der Waals surface area contributed by atoms with Gasteiger partial charge < -0.3 is 9.47 Å². The molecule has 1 heterocycles. The van der Waals surface area contributed by atoms with E-state index in [0.717, 1.165) is 32.7 Å². The van der Waals surface area contributed by atoms with Crippen LogP contribution in [0.4, 0.5) is 0 Å². The van der Waals surface area contributed by atoms with Crippen molar-refractivity contribution in [1.29, 1.82) is 0 Å². The van der Waals surface area contributed by atoms with E-state index in [0.29, 0.717) is 6.10 Å². The van der Waals surface area contributed by atoms with E-state index in [-0.39, 0.29) is 0 Å². The first-order chi connectivity index (χ1) is 6.43. The van der Waals surface area contributed by atoms with Gasteiger partial charge in [-0.2, -0.15) is 0 Å². The van der Waals surface area contributed by atoms with E-state index >= 15 is 0 Å². The fourth-order valence-electron chi connectivity index (χ4n) is 1.31. The Hall–Kier alpha value is -0.0800. The third-order valence-corrected chi connectivity index (χ3v) is 2.26. The number of hydrogen-bond donors (Lipinski definition) is 0. The van der Waals surface area contributed by atoms with Crippen molar-refractivity contribution in [2.75, 3.05) is 19.8 Å². The second kappa shape index (κ2) is 7.34. The lowest BCUT2D eigenvalue weighted by Gasteiger charge is -2.02. The summed E-state index contributed by atoms with van der Waals surface area (Å²) in [6.07, 6.45) is 7.64. The van der Waals surface area contributed by atoms with Crippen molar-refractivity contribution in [3.63, 3.8) is 0 Å². The summed E-state index contributed by atoms with van der Waals surface area (Å²) in [6, 6.07) is 0. The number of ether oxygens (including phenoxy) is 2. The van der Waals surface area contributed by atoms with Crippen molar-refractivity contribution in [3.05, 3.63) is 6.92 Å². The Morgan fingerprint density at radius 3 is 2.62 bits per heavy atom. The molecule has 0 spiro atoms. The van der Waals surface area contributed by atoms with Gasteiger partial charge in [-0.25, -0.2) is 0 Å². The van der Waals surface area contributed by atoms with Gasteiger partial charge in [-0.15, -0.1) is 0 Å². The lowest BCUT2D eigenvalue weighted by atomic mass is 10.2.